The Morgan fingerprint density at radius 1 is 1.22 bits per heavy atom. The molecule has 1 aromatic rings. The van der Waals surface area contributed by atoms with Crippen LogP contribution in [-0.4, -0.2) is 17.2 Å². The molecule has 1 atom stereocenters. The van der Waals surface area contributed by atoms with Crippen LogP contribution < -0.4 is 4.74 Å². The smallest absolute Gasteiger partial charge is 0.416 e. The van der Waals surface area contributed by atoms with E-state index < -0.39 is 23.8 Å². The number of hydrogen-bond donors (Lipinski definition) is 1. The summed E-state index contributed by atoms with van der Waals surface area (Å²) in [7, 11) is 0. The van der Waals surface area contributed by atoms with Crippen LogP contribution in [0, 0.1) is 0 Å². The lowest BCUT2D eigenvalue weighted by atomic mass is 9.95. The van der Waals surface area contributed by atoms with Gasteiger partial charge in [0.2, 0.25) is 0 Å². The molecule has 1 aliphatic carbocycles. The van der Waals surface area contributed by atoms with Gasteiger partial charge in [-0.1, -0.05) is 11.6 Å². The maximum absolute atomic E-state index is 12.5. The minimum Gasteiger partial charge on any atom is -0.479 e. The van der Waals surface area contributed by atoms with E-state index in [1.807, 2.05) is 0 Å². The Kier molecular flexibility index (Phi) is 5.69. The zero-order chi connectivity index (χ0) is 16.9. The molecule has 1 aromatic carbocycles. The summed E-state index contributed by atoms with van der Waals surface area (Å²) in [5, 5.41) is 9.22. The molecule has 0 spiro atoms. The Bertz CT molecular complexity index is 561. The highest BCUT2D eigenvalue weighted by atomic mass is 19.4. The van der Waals surface area contributed by atoms with Crippen LogP contribution in [0.3, 0.4) is 0 Å². The predicted octanol–water partition coefficient (Wildman–Crippen LogP) is 4.82. The third kappa shape index (κ3) is 5.30. The summed E-state index contributed by atoms with van der Waals surface area (Å²) < 4.78 is 42.8. The van der Waals surface area contributed by atoms with Crippen LogP contribution in [0.25, 0.3) is 0 Å². The summed E-state index contributed by atoms with van der Waals surface area (Å²) in [4.78, 5) is 11.3. The average Bonchev–Trinajstić information content (AvgIpc) is 2.51. The van der Waals surface area contributed by atoms with E-state index in [0.717, 1.165) is 49.9 Å². The predicted molar refractivity (Wildman–Crippen MR) is 79.3 cm³/mol. The van der Waals surface area contributed by atoms with Crippen molar-refractivity contribution in [1.29, 1.82) is 0 Å². The molecule has 0 bridgehead atoms. The van der Waals surface area contributed by atoms with E-state index in [0.29, 0.717) is 12.8 Å². The van der Waals surface area contributed by atoms with Crippen molar-refractivity contribution in [3.63, 3.8) is 0 Å². The minimum absolute atomic E-state index is 0.128. The van der Waals surface area contributed by atoms with Crippen molar-refractivity contribution in [3.8, 4) is 5.75 Å². The fourth-order valence-corrected chi connectivity index (χ4v) is 2.57. The standard InChI is InChI=1S/C17H19F3O3/c18-17(19,20)13-7-9-14(10-8-13)23-15(16(21)22)11-6-12-4-2-1-3-5-12/h4,7-10,15H,1-3,5-6,11H2,(H,21,22). The van der Waals surface area contributed by atoms with Crippen molar-refractivity contribution < 1.29 is 27.8 Å². The maximum Gasteiger partial charge on any atom is 0.416 e. The first kappa shape index (κ1) is 17.4. The van der Waals surface area contributed by atoms with Gasteiger partial charge in [0.15, 0.2) is 6.10 Å². The fraction of sp³-hybridized carbons (Fsp3) is 0.471. The monoisotopic (exact) mass is 328 g/mol. The van der Waals surface area contributed by atoms with E-state index in [2.05, 4.69) is 6.08 Å². The fourth-order valence-electron chi connectivity index (χ4n) is 2.57. The van der Waals surface area contributed by atoms with E-state index in [1.165, 1.54) is 5.57 Å². The van der Waals surface area contributed by atoms with Crippen molar-refractivity contribution in [3.05, 3.63) is 41.5 Å². The van der Waals surface area contributed by atoms with Gasteiger partial charge in [-0.25, -0.2) is 4.79 Å². The van der Waals surface area contributed by atoms with E-state index in [4.69, 9.17) is 4.74 Å². The zero-order valence-electron chi connectivity index (χ0n) is 12.6. The number of benzene rings is 1. The number of carboxylic acid groups (broad SMARTS) is 1. The lowest BCUT2D eigenvalue weighted by Crippen LogP contribution is -2.27. The second-order valence-corrected chi connectivity index (χ2v) is 5.61. The van der Waals surface area contributed by atoms with E-state index in [9.17, 15) is 23.1 Å². The van der Waals surface area contributed by atoms with Gasteiger partial charge in [0.25, 0.3) is 0 Å². The molecule has 3 nitrogen and oxygen atoms in total. The SMILES string of the molecule is O=C(O)C(CCC1=CCCCC1)Oc1ccc(C(F)(F)F)cc1. The summed E-state index contributed by atoms with van der Waals surface area (Å²) in [5.74, 6) is -0.982. The molecule has 0 radical (unpaired) electrons. The molecule has 1 N–H and O–H groups in total. The summed E-state index contributed by atoms with van der Waals surface area (Å²) in [6, 6.07) is 4.08. The second kappa shape index (κ2) is 7.53. The summed E-state index contributed by atoms with van der Waals surface area (Å²) >= 11 is 0. The van der Waals surface area contributed by atoms with E-state index >= 15 is 0 Å². The summed E-state index contributed by atoms with van der Waals surface area (Å²) in [6.07, 6.45) is 1.88. The number of allylic oxidation sites excluding steroid dienone is 2. The molecule has 0 heterocycles. The lowest BCUT2D eigenvalue weighted by molar-refractivity contribution is -0.145. The van der Waals surface area contributed by atoms with Gasteiger partial charge < -0.3 is 9.84 Å². The van der Waals surface area contributed by atoms with Crippen molar-refractivity contribution in [2.75, 3.05) is 0 Å². The lowest BCUT2D eigenvalue weighted by Gasteiger charge is -2.18. The highest BCUT2D eigenvalue weighted by Crippen LogP contribution is 2.30. The molecular formula is C17H19F3O3. The van der Waals surface area contributed by atoms with Gasteiger partial charge in [0.05, 0.1) is 5.56 Å². The van der Waals surface area contributed by atoms with Crippen LogP contribution in [0.5, 0.6) is 5.75 Å². The number of halogens is 3. The molecule has 2 rings (SSSR count). The number of ether oxygens (including phenoxy) is 1. The molecule has 0 amide bonds. The Hall–Kier alpha value is -1.98. The van der Waals surface area contributed by atoms with Crippen LogP contribution in [0.1, 0.15) is 44.1 Å². The average molecular weight is 328 g/mol. The van der Waals surface area contributed by atoms with Gasteiger partial charge in [-0.2, -0.15) is 13.2 Å². The van der Waals surface area contributed by atoms with Gasteiger partial charge in [0.1, 0.15) is 5.75 Å². The molecule has 23 heavy (non-hydrogen) atoms. The minimum atomic E-state index is -4.42. The number of alkyl halides is 3. The topological polar surface area (TPSA) is 46.5 Å². The number of carbonyl (C=O) groups is 1. The molecule has 0 fully saturated rings. The van der Waals surface area contributed by atoms with Gasteiger partial charge >= 0.3 is 12.1 Å². The van der Waals surface area contributed by atoms with Crippen LogP contribution in [0.15, 0.2) is 35.9 Å². The van der Waals surface area contributed by atoms with Crippen LogP contribution in [-0.2, 0) is 11.0 Å². The molecule has 126 valence electrons. The number of aliphatic carboxylic acids is 1. The Morgan fingerprint density at radius 2 is 1.91 bits per heavy atom. The highest BCUT2D eigenvalue weighted by molar-refractivity contribution is 5.72. The molecule has 1 aliphatic rings. The molecule has 0 aliphatic heterocycles. The third-order valence-corrected chi connectivity index (χ3v) is 3.85. The first-order valence-electron chi connectivity index (χ1n) is 7.61. The third-order valence-electron chi connectivity index (χ3n) is 3.85. The summed E-state index contributed by atoms with van der Waals surface area (Å²) in [5.41, 5.74) is 0.447. The van der Waals surface area contributed by atoms with E-state index in [-0.39, 0.29) is 5.75 Å². The van der Waals surface area contributed by atoms with E-state index in [1.54, 1.807) is 0 Å². The number of rotatable bonds is 6. The first-order valence-corrected chi connectivity index (χ1v) is 7.61. The first-order chi connectivity index (χ1) is 10.9. The van der Waals surface area contributed by atoms with Crippen molar-refractivity contribution >= 4 is 5.97 Å². The number of carboxylic acids is 1. The van der Waals surface area contributed by atoms with Crippen LogP contribution >= 0.6 is 0 Å². The normalized spacial score (nSPS) is 16.6. The molecule has 1 unspecified atom stereocenters. The Balaban J connectivity index is 1.96. The molecule has 0 aromatic heterocycles. The molecule has 6 heteroatoms. The van der Waals surface area contributed by atoms with Crippen molar-refractivity contribution in [1.82, 2.24) is 0 Å². The maximum atomic E-state index is 12.5. The van der Waals surface area contributed by atoms with Gasteiger partial charge in [-0.3, -0.25) is 0 Å². The van der Waals surface area contributed by atoms with Crippen molar-refractivity contribution in [2.45, 2.75) is 50.8 Å². The quantitative estimate of drug-likeness (QED) is 0.762. The van der Waals surface area contributed by atoms with Crippen LogP contribution in [0.4, 0.5) is 13.2 Å². The van der Waals surface area contributed by atoms with Gasteiger partial charge in [-0.15, -0.1) is 0 Å². The number of hydrogen-bond acceptors (Lipinski definition) is 2. The van der Waals surface area contributed by atoms with Gasteiger partial charge in [0, 0.05) is 0 Å². The highest BCUT2D eigenvalue weighted by Gasteiger charge is 2.30. The molecular weight excluding hydrogens is 309 g/mol. The Labute approximate surface area is 132 Å². The van der Waals surface area contributed by atoms with Gasteiger partial charge in [-0.05, 0) is 62.8 Å². The van der Waals surface area contributed by atoms with Crippen LogP contribution in [0.2, 0.25) is 0 Å². The Morgan fingerprint density at radius 3 is 2.43 bits per heavy atom. The molecule has 0 saturated carbocycles. The van der Waals surface area contributed by atoms with Crippen molar-refractivity contribution in [2.24, 2.45) is 0 Å². The second-order valence-electron chi connectivity index (χ2n) is 5.61. The largest absolute Gasteiger partial charge is 0.479 e. The molecule has 0 saturated heterocycles. The summed E-state index contributed by atoms with van der Waals surface area (Å²) in [6.45, 7) is 0. The zero-order valence-corrected chi connectivity index (χ0v) is 12.6.